The number of sulfonamides is 1. The number of nitrogen functional groups attached to an aromatic ring is 1. The first-order valence-corrected chi connectivity index (χ1v) is 7.36. The number of nitrogens with one attached hydrogen (secondary N) is 1. The SMILES string of the molecule is N#Cc1ccc(Cl)c(NS(=O)(=O)c2cccc(N)c2)c1. The molecular weight excluding hydrogens is 298 g/mol. The maximum absolute atomic E-state index is 12.2. The summed E-state index contributed by atoms with van der Waals surface area (Å²) in [5, 5.41) is 9.02. The number of nitrogens with zero attached hydrogens (tertiary/aromatic N) is 1. The fraction of sp³-hybridized carbons (Fsp3) is 0. The van der Waals surface area contributed by atoms with E-state index in [1.54, 1.807) is 6.07 Å². The van der Waals surface area contributed by atoms with Gasteiger partial charge in [-0.15, -0.1) is 0 Å². The quantitative estimate of drug-likeness (QED) is 0.852. The molecule has 3 N–H and O–H groups in total. The van der Waals surface area contributed by atoms with Gasteiger partial charge in [0.1, 0.15) is 0 Å². The Bertz CT molecular complexity index is 798. The van der Waals surface area contributed by atoms with E-state index in [9.17, 15) is 8.42 Å². The van der Waals surface area contributed by atoms with Crippen molar-refractivity contribution in [3.05, 3.63) is 53.1 Å². The van der Waals surface area contributed by atoms with Crippen LogP contribution in [0.1, 0.15) is 5.56 Å². The molecule has 0 heterocycles. The molecule has 0 aliphatic rings. The minimum atomic E-state index is -3.81. The molecule has 0 atom stereocenters. The van der Waals surface area contributed by atoms with Crippen molar-refractivity contribution in [3.8, 4) is 6.07 Å². The third-order valence-electron chi connectivity index (χ3n) is 2.51. The highest BCUT2D eigenvalue weighted by Crippen LogP contribution is 2.26. The number of nitriles is 1. The Balaban J connectivity index is 2.41. The van der Waals surface area contributed by atoms with Crippen LogP contribution in [0.4, 0.5) is 11.4 Å². The lowest BCUT2D eigenvalue weighted by atomic mass is 10.2. The number of hydrogen-bond donors (Lipinski definition) is 2. The molecule has 2 aromatic carbocycles. The van der Waals surface area contributed by atoms with Crippen LogP contribution in [0.25, 0.3) is 0 Å². The topological polar surface area (TPSA) is 96.0 Å². The van der Waals surface area contributed by atoms with E-state index in [-0.39, 0.29) is 15.6 Å². The van der Waals surface area contributed by atoms with E-state index < -0.39 is 10.0 Å². The first-order chi connectivity index (χ1) is 9.42. The summed E-state index contributed by atoms with van der Waals surface area (Å²) in [6, 6.07) is 12.1. The molecule has 0 spiro atoms. The smallest absolute Gasteiger partial charge is 0.262 e. The van der Waals surface area contributed by atoms with Gasteiger partial charge in [-0.25, -0.2) is 8.42 Å². The molecule has 0 saturated heterocycles. The number of rotatable bonds is 3. The van der Waals surface area contributed by atoms with E-state index in [0.29, 0.717) is 11.3 Å². The third-order valence-corrected chi connectivity index (χ3v) is 4.20. The van der Waals surface area contributed by atoms with Crippen LogP contribution in [-0.2, 0) is 10.0 Å². The lowest BCUT2D eigenvalue weighted by Gasteiger charge is -2.10. The standard InChI is InChI=1S/C13H10ClN3O2S/c14-12-5-4-9(8-15)6-13(12)17-20(18,19)11-3-1-2-10(16)7-11/h1-7,17H,16H2. The van der Waals surface area contributed by atoms with Gasteiger partial charge in [0.05, 0.1) is 27.2 Å². The second kappa shape index (κ2) is 5.41. The summed E-state index contributed by atoms with van der Waals surface area (Å²) >= 11 is 5.92. The van der Waals surface area contributed by atoms with Gasteiger partial charge in [-0.3, -0.25) is 4.72 Å². The van der Waals surface area contributed by atoms with E-state index in [4.69, 9.17) is 22.6 Å². The van der Waals surface area contributed by atoms with Gasteiger partial charge in [0.25, 0.3) is 10.0 Å². The fourth-order valence-electron chi connectivity index (χ4n) is 1.56. The van der Waals surface area contributed by atoms with Gasteiger partial charge in [0.2, 0.25) is 0 Å². The van der Waals surface area contributed by atoms with Crippen molar-refractivity contribution in [2.75, 3.05) is 10.5 Å². The largest absolute Gasteiger partial charge is 0.399 e. The predicted molar refractivity (Wildman–Crippen MR) is 77.8 cm³/mol. The van der Waals surface area contributed by atoms with Crippen molar-refractivity contribution in [1.82, 2.24) is 0 Å². The van der Waals surface area contributed by atoms with Crippen molar-refractivity contribution in [3.63, 3.8) is 0 Å². The zero-order valence-corrected chi connectivity index (χ0v) is 11.7. The first-order valence-electron chi connectivity index (χ1n) is 5.50. The number of benzene rings is 2. The van der Waals surface area contributed by atoms with E-state index in [0.717, 1.165) is 0 Å². The van der Waals surface area contributed by atoms with E-state index in [1.165, 1.54) is 36.4 Å². The van der Waals surface area contributed by atoms with Crippen LogP contribution in [0.5, 0.6) is 0 Å². The van der Waals surface area contributed by atoms with E-state index >= 15 is 0 Å². The fourth-order valence-corrected chi connectivity index (χ4v) is 2.90. The van der Waals surface area contributed by atoms with Crippen LogP contribution in [0.2, 0.25) is 5.02 Å². The Morgan fingerprint density at radius 1 is 1.20 bits per heavy atom. The molecule has 0 aromatic heterocycles. The Hall–Kier alpha value is -2.23. The van der Waals surface area contributed by atoms with Gasteiger partial charge in [0, 0.05) is 5.69 Å². The third kappa shape index (κ3) is 3.02. The zero-order valence-electron chi connectivity index (χ0n) is 10.2. The van der Waals surface area contributed by atoms with Gasteiger partial charge in [-0.2, -0.15) is 5.26 Å². The van der Waals surface area contributed by atoms with Crippen LogP contribution in [0.15, 0.2) is 47.4 Å². The van der Waals surface area contributed by atoms with Crippen molar-refractivity contribution in [1.29, 1.82) is 5.26 Å². The maximum Gasteiger partial charge on any atom is 0.262 e. The van der Waals surface area contributed by atoms with Crippen molar-refractivity contribution >= 4 is 33.0 Å². The summed E-state index contributed by atoms with van der Waals surface area (Å²) < 4.78 is 26.7. The molecule has 0 aliphatic heterocycles. The van der Waals surface area contributed by atoms with Crippen molar-refractivity contribution in [2.45, 2.75) is 4.90 Å². The lowest BCUT2D eigenvalue weighted by Crippen LogP contribution is -2.13. The minimum Gasteiger partial charge on any atom is -0.399 e. The Labute approximate surface area is 121 Å². The summed E-state index contributed by atoms with van der Waals surface area (Å²) in [5.41, 5.74) is 6.35. The molecule has 2 aromatic rings. The molecule has 0 radical (unpaired) electrons. The number of anilines is 2. The normalized spacial score (nSPS) is 10.8. The average Bonchev–Trinajstić information content (AvgIpc) is 2.41. The van der Waals surface area contributed by atoms with Crippen LogP contribution < -0.4 is 10.5 Å². The van der Waals surface area contributed by atoms with Crippen LogP contribution in [-0.4, -0.2) is 8.42 Å². The van der Waals surface area contributed by atoms with Gasteiger partial charge < -0.3 is 5.73 Å². The molecule has 0 bridgehead atoms. The van der Waals surface area contributed by atoms with Gasteiger partial charge >= 0.3 is 0 Å². The monoisotopic (exact) mass is 307 g/mol. The van der Waals surface area contributed by atoms with Crippen LogP contribution in [0, 0.1) is 11.3 Å². The van der Waals surface area contributed by atoms with E-state index in [1.807, 2.05) is 6.07 Å². The zero-order chi connectivity index (χ0) is 14.8. The molecule has 0 unspecified atom stereocenters. The molecule has 102 valence electrons. The second-order valence-electron chi connectivity index (χ2n) is 3.98. The minimum absolute atomic E-state index is 0.0240. The highest BCUT2D eigenvalue weighted by molar-refractivity contribution is 7.92. The molecule has 0 aliphatic carbocycles. The molecule has 0 saturated carbocycles. The number of nitrogens with two attached hydrogens (primary N) is 1. The van der Waals surface area contributed by atoms with Gasteiger partial charge in [0.15, 0.2) is 0 Å². The summed E-state index contributed by atoms with van der Waals surface area (Å²) in [6.07, 6.45) is 0. The molecule has 2 rings (SSSR count). The predicted octanol–water partition coefficient (Wildman–Crippen LogP) is 2.59. The molecular formula is C13H10ClN3O2S. The second-order valence-corrected chi connectivity index (χ2v) is 6.07. The van der Waals surface area contributed by atoms with Crippen molar-refractivity contribution in [2.24, 2.45) is 0 Å². The van der Waals surface area contributed by atoms with Crippen molar-refractivity contribution < 1.29 is 8.42 Å². The van der Waals surface area contributed by atoms with Crippen LogP contribution in [0.3, 0.4) is 0 Å². The molecule has 7 heteroatoms. The molecule has 0 amide bonds. The highest BCUT2D eigenvalue weighted by Gasteiger charge is 2.16. The number of halogens is 1. The van der Waals surface area contributed by atoms with Gasteiger partial charge in [-0.05, 0) is 36.4 Å². The molecule has 5 nitrogen and oxygen atoms in total. The lowest BCUT2D eigenvalue weighted by molar-refractivity contribution is 0.601. The first kappa shape index (κ1) is 14.2. The average molecular weight is 308 g/mol. The Kier molecular flexibility index (Phi) is 3.84. The summed E-state index contributed by atoms with van der Waals surface area (Å²) in [5.74, 6) is 0. The van der Waals surface area contributed by atoms with Crippen LogP contribution >= 0.6 is 11.6 Å². The maximum atomic E-state index is 12.2. The van der Waals surface area contributed by atoms with Gasteiger partial charge in [-0.1, -0.05) is 17.7 Å². The summed E-state index contributed by atoms with van der Waals surface area (Å²) in [4.78, 5) is 0.0240. The molecule has 0 fully saturated rings. The summed E-state index contributed by atoms with van der Waals surface area (Å²) in [7, 11) is -3.81. The number of hydrogen-bond acceptors (Lipinski definition) is 4. The summed E-state index contributed by atoms with van der Waals surface area (Å²) in [6.45, 7) is 0. The highest BCUT2D eigenvalue weighted by atomic mass is 35.5. The Morgan fingerprint density at radius 3 is 2.60 bits per heavy atom. The molecule has 20 heavy (non-hydrogen) atoms. The Morgan fingerprint density at radius 2 is 1.95 bits per heavy atom. The van der Waals surface area contributed by atoms with E-state index in [2.05, 4.69) is 4.72 Å².